The molecule has 72 valence electrons. The van der Waals surface area contributed by atoms with Gasteiger partial charge in [0.2, 0.25) is 0 Å². The Morgan fingerprint density at radius 2 is 2.29 bits per heavy atom. The van der Waals surface area contributed by atoms with Crippen molar-refractivity contribution in [1.82, 2.24) is 5.32 Å². The first-order valence-corrected chi connectivity index (χ1v) is 5.73. The molecule has 0 fully saturated rings. The molecule has 2 nitrogen and oxygen atoms in total. The minimum absolute atomic E-state index is 0.0295. The number of carbonyl (C=O) groups excluding carboxylic acids is 1. The largest absolute Gasteiger partial charge is 0.354 e. The Morgan fingerprint density at radius 1 is 1.50 bits per heavy atom. The quantitative estimate of drug-likeness (QED) is 0.847. The van der Waals surface area contributed by atoms with Gasteiger partial charge in [0, 0.05) is 21.6 Å². The number of amides is 1. The van der Waals surface area contributed by atoms with Crippen LogP contribution in [0.15, 0.2) is 28.7 Å². The smallest absolute Gasteiger partial charge is 0.261 e. The van der Waals surface area contributed by atoms with Gasteiger partial charge in [0.05, 0.1) is 4.88 Å². The van der Waals surface area contributed by atoms with Gasteiger partial charge in [0.1, 0.15) is 0 Å². The van der Waals surface area contributed by atoms with Crippen LogP contribution < -0.4 is 5.32 Å². The maximum absolute atomic E-state index is 11.4. The lowest BCUT2D eigenvalue weighted by atomic mass is 10.2. The second kappa shape index (κ2) is 3.71. The number of thiophene rings is 1. The van der Waals surface area contributed by atoms with E-state index in [0.717, 1.165) is 19.4 Å². The molecule has 0 bridgehead atoms. The monoisotopic (exact) mass is 269 g/mol. The zero-order valence-corrected chi connectivity index (χ0v) is 9.91. The van der Waals surface area contributed by atoms with Gasteiger partial charge in [-0.2, -0.15) is 0 Å². The summed E-state index contributed by atoms with van der Waals surface area (Å²) in [5.41, 5.74) is 0. The Bertz CT molecular complexity index is 492. The standard InChI is InChI=1S/C10H8BrNOS/c1-12-10(13)9-5-6-7(11)3-2-4-8(6)14-9/h2-5H,1H3,(H,12,13). The molecule has 0 saturated carbocycles. The number of hydrogen-bond donors (Lipinski definition) is 1. The first-order valence-electron chi connectivity index (χ1n) is 4.12. The molecular weight excluding hydrogens is 262 g/mol. The molecule has 1 aromatic carbocycles. The fourth-order valence-corrected chi connectivity index (χ4v) is 2.91. The molecule has 0 atom stereocenters. The maximum atomic E-state index is 11.4. The molecule has 0 aliphatic heterocycles. The van der Waals surface area contributed by atoms with Gasteiger partial charge < -0.3 is 5.32 Å². The third-order valence-electron chi connectivity index (χ3n) is 1.96. The average Bonchev–Trinajstić information content (AvgIpc) is 2.62. The molecule has 1 N–H and O–H groups in total. The van der Waals surface area contributed by atoms with Crippen molar-refractivity contribution in [3.8, 4) is 0 Å². The predicted molar refractivity (Wildman–Crippen MR) is 62.9 cm³/mol. The lowest BCUT2D eigenvalue weighted by Crippen LogP contribution is -2.15. The Labute approximate surface area is 94.1 Å². The van der Waals surface area contributed by atoms with Crippen molar-refractivity contribution in [2.75, 3.05) is 7.05 Å². The molecule has 2 rings (SSSR count). The second-order valence-electron chi connectivity index (χ2n) is 2.84. The SMILES string of the molecule is CNC(=O)c1cc2c(Br)cccc2s1. The van der Waals surface area contributed by atoms with Crippen molar-refractivity contribution >= 4 is 43.3 Å². The third-order valence-corrected chi connectivity index (χ3v) is 3.75. The fraction of sp³-hybridized carbons (Fsp3) is 0.100. The van der Waals surface area contributed by atoms with Gasteiger partial charge >= 0.3 is 0 Å². The zero-order valence-electron chi connectivity index (χ0n) is 7.50. The molecule has 0 spiro atoms. The predicted octanol–water partition coefficient (Wildman–Crippen LogP) is 3.02. The van der Waals surface area contributed by atoms with Crippen LogP contribution >= 0.6 is 27.3 Å². The highest BCUT2D eigenvalue weighted by Crippen LogP contribution is 2.31. The van der Waals surface area contributed by atoms with Crippen LogP contribution in [-0.2, 0) is 0 Å². The fourth-order valence-electron chi connectivity index (χ4n) is 1.26. The van der Waals surface area contributed by atoms with Gasteiger partial charge in [-0.15, -0.1) is 11.3 Å². The summed E-state index contributed by atoms with van der Waals surface area (Å²) in [6.07, 6.45) is 0. The number of fused-ring (bicyclic) bond motifs is 1. The summed E-state index contributed by atoms with van der Waals surface area (Å²) < 4.78 is 2.15. The molecule has 1 heterocycles. The van der Waals surface area contributed by atoms with Crippen molar-refractivity contribution in [3.05, 3.63) is 33.6 Å². The molecule has 1 aromatic heterocycles. The van der Waals surface area contributed by atoms with Crippen molar-refractivity contribution in [1.29, 1.82) is 0 Å². The topological polar surface area (TPSA) is 29.1 Å². The molecule has 0 radical (unpaired) electrons. The summed E-state index contributed by atoms with van der Waals surface area (Å²) in [5, 5.41) is 3.71. The van der Waals surface area contributed by atoms with E-state index >= 15 is 0 Å². The van der Waals surface area contributed by atoms with Crippen LogP contribution in [0.5, 0.6) is 0 Å². The van der Waals surface area contributed by atoms with Gasteiger partial charge in [-0.05, 0) is 18.2 Å². The van der Waals surface area contributed by atoms with Crippen molar-refractivity contribution in [2.24, 2.45) is 0 Å². The van der Waals surface area contributed by atoms with E-state index in [1.807, 2.05) is 24.3 Å². The minimum atomic E-state index is -0.0295. The van der Waals surface area contributed by atoms with Crippen LogP contribution in [0.4, 0.5) is 0 Å². The molecule has 0 saturated heterocycles. The van der Waals surface area contributed by atoms with Crippen LogP contribution in [0.1, 0.15) is 9.67 Å². The highest BCUT2D eigenvalue weighted by atomic mass is 79.9. The van der Waals surface area contributed by atoms with Gasteiger partial charge in [-0.1, -0.05) is 22.0 Å². The maximum Gasteiger partial charge on any atom is 0.261 e. The van der Waals surface area contributed by atoms with E-state index in [9.17, 15) is 4.79 Å². The van der Waals surface area contributed by atoms with Crippen LogP contribution in [-0.4, -0.2) is 13.0 Å². The summed E-state index contributed by atoms with van der Waals surface area (Å²) in [4.78, 5) is 12.1. The highest BCUT2D eigenvalue weighted by Gasteiger charge is 2.09. The van der Waals surface area contributed by atoms with E-state index in [-0.39, 0.29) is 5.91 Å². The first-order chi connectivity index (χ1) is 6.72. The summed E-state index contributed by atoms with van der Waals surface area (Å²) in [7, 11) is 1.64. The van der Waals surface area contributed by atoms with Crippen molar-refractivity contribution < 1.29 is 4.79 Å². The molecule has 14 heavy (non-hydrogen) atoms. The number of rotatable bonds is 1. The number of halogens is 1. The number of hydrogen-bond acceptors (Lipinski definition) is 2. The van der Waals surface area contributed by atoms with E-state index in [0.29, 0.717) is 0 Å². The van der Waals surface area contributed by atoms with Crippen LogP contribution in [0.2, 0.25) is 0 Å². The minimum Gasteiger partial charge on any atom is -0.354 e. The first kappa shape index (κ1) is 9.68. The van der Waals surface area contributed by atoms with Gasteiger partial charge in [0.15, 0.2) is 0 Å². The summed E-state index contributed by atoms with van der Waals surface area (Å²) in [5.74, 6) is -0.0295. The molecule has 0 aliphatic carbocycles. The van der Waals surface area contributed by atoms with Gasteiger partial charge in [-0.3, -0.25) is 4.79 Å². The number of nitrogens with one attached hydrogen (secondary N) is 1. The summed E-state index contributed by atoms with van der Waals surface area (Å²) in [6, 6.07) is 7.86. The van der Waals surface area contributed by atoms with E-state index in [1.165, 1.54) is 11.3 Å². The van der Waals surface area contributed by atoms with Gasteiger partial charge in [-0.25, -0.2) is 0 Å². The molecular formula is C10H8BrNOS. The summed E-state index contributed by atoms with van der Waals surface area (Å²) >= 11 is 4.96. The van der Waals surface area contributed by atoms with Crippen LogP contribution in [0.25, 0.3) is 10.1 Å². The van der Waals surface area contributed by atoms with E-state index in [2.05, 4.69) is 21.2 Å². The van der Waals surface area contributed by atoms with E-state index in [1.54, 1.807) is 7.05 Å². The number of carbonyl (C=O) groups is 1. The molecule has 0 aliphatic rings. The molecule has 2 aromatic rings. The van der Waals surface area contributed by atoms with Crippen molar-refractivity contribution in [3.63, 3.8) is 0 Å². The Kier molecular flexibility index (Phi) is 2.56. The lowest BCUT2D eigenvalue weighted by Gasteiger charge is -1.91. The number of benzene rings is 1. The Hall–Kier alpha value is -0.870. The van der Waals surface area contributed by atoms with Crippen LogP contribution in [0, 0.1) is 0 Å². The Balaban J connectivity index is 2.62. The molecule has 1 amide bonds. The summed E-state index contributed by atoms with van der Waals surface area (Å²) in [6.45, 7) is 0. The lowest BCUT2D eigenvalue weighted by molar-refractivity contribution is 0.0967. The Morgan fingerprint density at radius 3 is 2.93 bits per heavy atom. The third kappa shape index (κ3) is 1.55. The zero-order chi connectivity index (χ0) is 10.1. The molecule has 0 unspecified atom stereocenters. The van der Waals surface area contributed by atoms with Crippen LogP contribution in [0.3, 0.4) is 0 Å². The average molecular weight is 270 g/mol. The van der Waals surface area contributed by atoms with E-state index in [4.69, 9.17) is 0 Å². The molecule has 4 heteroatoms. The highest BCUT2D eigenvalue weighted by molar-refractivity contribution is 9.10. The van der Waals surface area contributed by atoms with Gasteiger partial charge in [0.25, 0.3) is 5.91 Å². The van der Waals surface area contributed by atoms with Crippen molar-refractivity contribution in [2.45, 2.75) is 0 Å². The second-order valence-corrected chi connectivity index (χ2v) is 4.78. The van der Waals surface area contributed by atoms with E-state index < -0.39 is 0 Å². The normalized spacial score (nSPS) is 10.4.